The first kappa shape index (κ1) is 29.6. The Bertz CT molecular complexity index is 1290. The Kier molecular flexibility index (Phi) is 7.76. The Balaban J connectivity index is 2.39. The maximum atomic E-state index is 13.4. The van der Waals surface area contributed by atoms with Crippen molar-refractivity contribution in [3.63, 3.8) is 0 Å². The molecule has 1 unspecified atom stereocenters. The number of alkyl halides is 3. The quantitative estimate of drug-likeness (QED) is 0.212. The van der Waals surface area contributed by atoms with Gasteiger partial charge in [0.2, 0.25) is 0 Å². The van der Waals surface area contributed by atoms with Crippen LogP contribution < -0.4 is 0 Å². The van der Waals surface area contributed by atoms with E-state index in [1.54, 1.807) is 12.1 Å². The van der Waals surface area contributed by atoms with Gasteiger partial charge in [0.05, 0.1) is 8.80 Å². The highest BCUT2D eigenvalue weighted by Crippen LogP contribution is 2.52. The van der Waals surface area contributed by atoms with Crippen molar-refractivity contribution in [2.45, 2.75) is 90.9 Å². The van der Waals surface area contributed by atoms with Crippen molar-refractivity contribution < 1.29 is 25.8 Å². The van der Waals surface area contributed by atoms with Crippen molar-refractivity contribution in [2.75, 3.05) is 0 Å². The third kappa shape index (κ3) is 5.76. The summed E-state index contributed by atoms with van der Waals surface area (Å²) < 4.78 is 69.5. The molecule has 0 amide bonds. The summed E-state index contributed by atoms with van der Waals surface area (Å²) in [4.78, 5) is 0. The summed E-state index contributed by atoms with van der Waals surface area (Å²) in [5.74, 6) is -0.199. The highest BCUT2D eigenvalue weighted by molar-refractivity contribution is 7.87. The number of halogens is 3. The molecule has 203 valence electrons. The molecule has 0 saturated heterocycles. The van der Waals surface area contributed by atoms with Crippen LogP contribution in [0.25, 0.3) is 16.3 Å². The fourth-order valence-electron chi connectivity index (χ4n) is 4.82. The summed E-state index contributed by atoms with van der Waals surface area (Å²) in [5, 5.41) is 0.950. The topological polar surface area (TPSA) is 43.4 Å². The average Bonchev–Trinajstić information content (AvgIpc) is 3.05. The van der Waals surface area contributed by atoms with Crippen molar-refractivity contribution in [2.24, 2.45) is 5.92 Å². The molecule has 0 heterocycles. The van der Waals surface area contributed by atoms with Gasteiger partial charge in [-0.3, -0.25) is 4.18 Å². The molecule has 0 spiro atoms. The molecule has 1 aliphatic rings. The van der Waals surface area contributed by atoms with Crippen LogP contribution in [0.5, 0.6) is 0 Å². The molecule has 37 heavy (non-hydrogen) atoms. The second-order valence-corrected chi connectivity index (χ2v) is 16.5. The molecule has 1 atom stereocenters. The predicted molar refractivity (Wildman–Crippen MR) is 147 cm³/mol. The maximum absolute atomic E-state index is 13.4. The van der Waals surface area contributed by atoms with Crippen LogP contribution in [-0.4, -0.2) is 22.7 Å². The Morgan fingerprint density at radius 2 is 1.41 bits per heavy atom. The van der Waals surface area contributed by atoms with Gasteiger partial charge in [0.25, 0.3) is 0 Å². The number of rotatable bonds is 5. The molecule has 0 aromatic heterocycles. The van der Waals surface area contributed by atoms with Crippen LogP contribution in [0.4, 0.5) is 13.2 Å². The molecule has 1 radical (unpaired) electrons. The van der Waals surface area contributed by atoms with E-state index in [1.807, 2.05) is 19.9 Å². The highest BCUT2D eigenvalue weighted by atomic mass is 32.2. The molecule has 2 aromatic carbocycles. The monoisotopic (exact) mass is 551 g/mol. The summed E-state index contributed by atoms with van der Waals surface area (Å²) in [6.45, 7) is 20.8. The minimum absolute atomic E-state index is 0.118. The Morgan fingerprint density at radius 1 is 0.892 bits per heavy atom. The fourth-order valence-corrected chi connectivity index (χ4v) is 7.16. The first-order chi connectivity index (χ1) is 16.7. The zero-order valence-corrected chi connectivity index (χ0v) is 25.2. The first-order valence-electron chi connectivity index (χ1n) is 12.5. The van der Waals surface area contributed by atoms with E-state index in [0.717, 1.165) is 33.0 Å². The van der Waals surface area contributed by atoms with Crippen molar-refractivity contribution in [1.29, 1.82) is 0 Å². The first-order valence-corrected chi connectivity index (χ1v) is 16.4. The molecule has 0 saturated carbocycles. The largest absolute Gasteiger partial charge is 0.523 e. The molecular weight excluding hydrogens is 513 g/mol. The van der Waals surface area contributed by atoms with E-state index in [1.165, 1.54) is 0 Å². The number of hydrogen-bond acceptors (Lipinski definition) is 3. The van der Waals surface area contributed by atoms with Crippen molar-refractivity contribution in [3.05, 3.63) is 64.2 Å². The van der Waals surface area contributed by atoms with Gasteiger partial charge in [-0.15, -0.1) is 0 Å². The molecule has 8 heteroatoms. The van der Waals surface area contributed by atoms with E-state index >= 15 is 0 Å². The molecule has 0 fully saturated rings. The smallest absolute Gasteiger partial charge is 0.250 e. The van der Waals surface area contributed by atoms with E-state index < -0.39 is 30.5 Å². The van der Waals surface area contributed by atoms with Crippen LogP contribution in [-0.2, 0) is 25.1 Å². The van der Waals surface area contributed by atoms with E-state index in [0.29, 0.717) is 11.1 Å². The Morgan fingerprint density at radius 3 is 1.81 bits per heavy atom. The van der Waals surface area contributed by atoms with Crippen LogP contribution in [0.15, 0.2) is 42.0 Å². The van der Waals surface area contributed by atoms with Crippen LogP contribution in [0.2, 0.25) is 13.1 Å². The maximum Gasteiger partial charge on any atom is 0.523 e. The van der Waals surface area contributed by atoms with Crippen molar-refractivity contribution >= 4 is 24.1 Å². The van der Waals surface area contributed by atoms with Gasteiger partial charge in [0.15, 0.2) is 0 Å². The minimum atomic E-state index is -5.79. The Hall–Kier alpha value is -1.90. The lowest BCUT2D eigenvalue weighted by Gasteiger charge is -2.27. The van der Waals surface area contributed by atoms with E-state index in [9.17, 15) is 21.6 Å². The van der Waals surface area contributed by atoms with Gasteiger partial charge in [0, 0.05) is 0 Å². The zero-order chi connectivity index (χ0) is 28.3. The van der Waals surface area contributed by atoms with Crippen molar-refractivity contribution in [3.8, 4) is 11.1 Å². The molecular formula is C29H38F3O3SSi. The summed E-state index contributed by atoms with van der Waals surface area (Å²) in [7, 11) is -7.01. The van der Waals surface area contributed by atoms with Gasteiger partial charge < -0.3 is 0 Å². The number of benzene rings is 2. The lowest BCUT2D eigenvalue weighted by Crippen LogP contribution is -2.28. The van der Waals surface area contributed by atoms with Gasteiger partial charge >= 0.3 is 15.6 Å². The standard InChI is InChI=1S/C29H38F3O3SSi/c1-17(2)23-25(35-36(33,34)29(30,31)32)22-13-11-12-21(24(22)26(23)37(9)10)18-14-19(27(3,4)5)16-20(15-18)28(6,7)8/h11-17,25H,1-10H3. The SMILES string of the molecule is CC(C)C1=C([Si](C)C)c2c(-c3cc(C(C)(C)C)cc(C(C)(C)C)c3)cccc2C1OS(=O)(=O)C(F)(F)F. The van der Waals surface area contributed by atoms with Gasteiger partial charge in [-0.05, 0) is 55.7 Å². The molecule has 1 aliphatic carbocycles. The highest BCUT2D eigenvalue weighted by Gasteiger charge is 2.51. The lowest BCUT2D eigenvalue weighted by molar-refractivity contribution is -0.0564. The fraction of sp³-hybridized carbons (Fsp3) is 0.517. The van der Waals surface area contributed by atoms with Gasteiger partial charge in [0.1, 0.15) is 6.10 Å². The number of fused-ring (bicyclic) bond motifs is 1. The van der Waals surface area contributed by atoms with E-state index in [4.69, 9.17) is 4.18 Å². The second kappa shape index (κ2) is 9.69. The minimum Gasteiger partial charge on any atom is -0.250 e. The van der Waals surface area contributed by atoms with E-state index in [-0.39, 0.29) is 16.7 Å². The average molecular weight is 552 g/mol. The van der Waals surface area contributed by atoms with Crippen LogP contribution in [0.3, 0.4) is 0 Å². The summed E-state index contributed by atoms with van der Waals surface area (Å²) in [6.07, 6.45) is -1.30. The zero-order valence-electron chi connectivity index (χ0n) is 23.4. The summed E-state index contributed by atoms with van der Waals surface area (Å²) >= 11 is 0. The molecule has 2 aromatic rings. The van der Waals surface area contributed by atoms with Crippen LogP contribution in [0.1, 0.15) is 83.7 Å². The van der Waals surface area contributed by atoms with Gasteiger partial charge in [-0.25, -0.2) is 0 Å². The van der Waals surface area contributed by atoms with Crippen LogP contribution >= 0.6 is 0 Å². The Labute approximate surface area is 221 Å². The van der Waals surface area contributed by atoms with Crippen molar-refractivity contribution in [1.82, 2.24) is 0 Å². The van der Waals surface area contributed by atoms with Crippen LogP contribution in [0, 0.1) is 5.92 Å². The third-order valence-corrected chi connectivity index (χ3v) is 9.36. The lowest BCUT2D eigenvalue weighted by atomic mass is 9.78. The molecule has 3 rings (SSSR count). The molecule has 0 N–H and O–H groups in total. The second-order valence-electron chi connectivity index (χ2n) is 12.4. The normalized spacial score (nSPS) is 17.2. The third-order valence-electron chi connectivity index (χ3n) is 6.80. The van der Waals surface area contributed by atoms with E-state index in [2.05, 4.69) is 72.8 Å². The van der Waals surface area contributed by atoms with Gasteiger partial charge in [-0.1, -0.05) is 110 Å². The molecule has 0 bridgehead atoms. The van der Waals surface area contributed by atoms with Gasteiger partial charge in [-0.2, -0.15) is 21.6 Å². The number of hydrogen-bond donors (Lipinski definition) is 0. The molecule has 3 nitrogen and oxygen atoms in total. The predicted octanol–water partition coefficient (Wildman–Crippen LogP) is 8.57. The molecule has 0 aliphatic heterocycles. The summed E-state index contributed by atoms with van der Waals surface area (Å²) in [6, 6.07) is 12.0. The summed E-state index contributed by atoms with van der Waals surface area (Å²) in [5.41, 5.74) is 0.367.